The van der Waals surface area contributed by atoms with Crippen LogP contribution in [0.4, 0.5) is 0 Å². The summed E-state index contributed by atoms with van der Waals surface area (Å²) in [5.41, 5.74) is 0. The molecular formula is C10H15N2. The van der Waals surface area contributed by atoms with Gasteiger partial charge >= 0.3 is 0 Å². The van der Waals surface area contributed by atoms with Gasteiger partial charge in [-0.2, -0.15) is 0 Å². The second kappa shape index (κ2) is 4.24. The third kappa shape index (κ3) is 2.20. The van der Waals surface area contributed by atoms with Crippen LogP contribution in [0.25, 0.3) is 0 Å². The highest BCUT2D eigenvalue weighted by Crippen LogP contribution is 2.23. The molecule has 1 aliphatic carbocycles. The summed E-state index contributed by atoms with van der Waals surface area (Å²) in [6.07, 6.45) is 8.61. The molecule has 0 aromatic rings. The van der Waals surface area contributed by atoms with E-state index in [1.165, 1.54) is 19.0 Å². The van der Waals surface area contributed by atoms with E-state index in [1.54, 1.807) is 0 Å². The molecule has 0 spiro atoms. The van der Waals surface area contributed by atoms with Gasteiger partial charge in [0.15, 0.2) is 0 Å². The van der Waals surface area contributed by atoms with Crippen LogP contribution in [-0.4, -0.2) is 37.6 Å². The summed E-state index contributed by atoms with van der Waals surface area (Å²) < 4.78 is 0. The van der Waals surface area contributed by atoms with Crippen LogP contribution in [0.5, 0.6) is 0 Å². The van der Waals surface area contributed by atoms with E-state index >= 15 is 0 Å². The number of piperazine rings is 1. The molecule has 1 saturated heterocycles. The van der Waals surface area contributed by atoms with Crippen molar-refractivity contribution in [2.24, 2.45) is 0 Å². The van der Waals surface area contributed by atoms with Crippen molar-refractivity contribution in [3.05, 3.63) is 31.6 Å². The van der Waals surface area contributed by atoms with Crippen LogP contribution in [-0.2, 0) is 0 Å². The lowest BCUT2D eigenvalue weighted by Gasteiger charge is -2.29. The van der Waals surface area contributed by atoms with Gasteiger partial charge in [-0.05, 0) is 31.6 Å². The zero-order valence-electron chi connectivity index (χ0n) is 7.29. The van der Waals surface area contributed by atoms with E-state index in [4.69, 9.17) is 0 Å². The van der Waals surface area contributed by atoms with Crippen molar-refractivity contribution >= 4 is 0 Å². The Labute approximate surface area is 75.3 Å². The fourth-order valence-electron chi connectivity index (χ4n) is 1.65. The Morgan fingerprint density at radius 1 is 1.17 bits per heavy atom. The standard InChI is InChI=1S/C10H15N2/c1-2-4-10(3-1)9-12-7-5-11-6-8-12/h1-4,11H,5-9H2. The van der Waals surface area contributed by atoms with Crippen molar-refractivity contribution in [3.63, 3.8) is 0 Å². The van der Waals surface area contributed by atoms with Gasteiger partial charge in [-0.25, -0.2) is 0 Å². The molecule has 1 N–H and O–H groups in total. The zero-order chi connectivity index (χ0) is 8.23. The Bertz CT molecular complexity index is 124. The van der Waals surface area contributed by atoms with Crippen molar-refractivity contribution in [1.82, 2.24) is 10.2 Å². The van der Waals surface area contributed by atoms with E-state index in [-0.39, 0.29) is 0 Å². The van der Waals surface area contributed by atoms with Gasteiger partial charge in [-0.3, -0.25) is 0 Å². The van der Waals surface area contributed by atoms with Gasteiger partial charge in [0.2, 0.25) is 0 Å². The first-order valence-corrected chi connectivity index (χ1v) is 4.59. The van der Waals surface area contributed by atoms with Crippen molar-refractivity contribution in [2.75, 3.05) is 32.7 Å². The maximum absolute atomic E-state index is 3.35. The summed E-state index contributed by atoms with van der Waals surface area (Å²) in [5.74, 6) is 1.44. The summed E-state index contributed by atoms with van der Waals surface area (Å²) in [5, 5.41) is 3.35. The molecule has 2 fully saturated rings. The third-order valence-electron chi connectivity index (χ3n) is 2.35. The molecule has 0 aromatic carbocycles. The predicted molar refractivity (Wildman–Crippen MR) is 49.8 cm³/mol. The van der Waals surface area contributed by atoms with Gasteiger partial charge in [0, 0.05) is 32.7 Å². The van der Waals surface area contributed by atoms with Crippen LogP contribution in [0.15, 0.2) is 0 Å². The van der Waals surface area contributed by atoms with E-state index in [1.807, 2.05) is 0 Å². The quantitative estimate of drug-likeness (QED) is 0.629. The van der Waals surface area contributed by atoms with E-state index in [0.29, 0.717) is 0 Å². The van der Waals surface area contributed by atoms with Crippen LogP contribution in [0, 0.1) is 31.6 Å². The second-order valence-electron chi connectivity index (χ2n) is 3.32. The predicted octanol–water partition coefficient (Wildman–Crippen LogP) is 0.297. The summed E-state index contributed by atoms with van der Waals surface area (Å²) in [4.78, 5) is 2.49. The smallest absolute Gasteiger partial charge is 0.0108 e. The fourth-order valence-corrected chi connectivity index (χ4v) is 1.65. The van der Waals surface area contributed by atoms with Crippen LogP contribution in [0.2, 0.25) is 0 Å². The molecule has 2 heteroatoms. The van der Waals surface area contributed by atoms with Crippen LogP contribution in [0.1, 0.15) is 0 Å². The fraction of sp³-hybridized carbons (Fsp3) is 0.500. The molecular weight excluding hydrogens is 148 g/mol. The SMILES string of the molecule is [CH]1[CH][CH][C](CN2CCNCC2)[CH]1. The van der Waals surface area contributed by atoms with Gasteiger partial charge in [-0.15, -0.1) is 0 Å². The summed E-state index contributed by atoms with van der Waals surface area (Å²) >= 11 is 0. The molecule has 0 atom stereocenters. The van der Waals surface area contributed by atoms with Gasteiger partial charge in [0.1, 0.15) is 0 Å². The van der Waals surface area contributed by atoms with E-state index < -0.39 is 0 Å². The topological polar surface area (TPSA) is 15.3 Å². The molecule has 1 heterocycles. The Kier molecular flexibility index (Phi) is 3.01. The molecule has 1 saturated carbocycles. The normalized spacial score (nSPS) is 28.0. The lowest BCUT2D eigenvalue weighted by atomic mass is 10.1. The molecule has 5 radical (unpaired) electrons. The molecule has 0 bridgehead atoms. The average molecular weight is 163 g/mol. The molecule has 2 rings (SSSR count). The molecule has 0 aromatic heterocycles. The van der Waals surface area contributed by atoms with Crippen molar-refractivity contribution < 1.29 is 0 Å². The first-order valence-electron chi connectivity index (χ1n) is 4.59. The van der Waals surface area contributed by atoms with Gasteiger partial charge < -0.3 is 10.2 Å². The number of hydrogen-bond acceptors (Lipinski definition) is 2. The van der Waals surface area contributed by atoms with E-state index in [2.05, 4.69) is 35.9 Å². The first-order chi connectivity index (χ1) is 5.95. The lowest BCUT2D eigenvalue weighted by molar-refractivity contribution is 0.253. The van der Waals surface area contributed by atoms with Gasteiger partial charge in [0.25, 0.3) is 0 Å². The minimum absolute atomic E-state index is 1.12. The molecule has 65 valence electrons. The zero-order valence-corrected chi connectivity index (χ0v) is 7.29. The minimum Gasteiger partial charge on any atom is -0.314 e. The van der Waals surface area contributed by atoms with Crippen LogP contribution in [0.3, 0.4) is 0 Å². The number of rotatable bonds is 2. The largest absolute Gasteiger partial charge is 0.314 e. The van der Waals surface area contributed by atoms with Crippen molar-refractivity contribution in [2.45, 2.75) is 0 Å². The Morgan fingerprint density at radius 3 is 2.50 bits per heavy atom. The first kappa shape index (κ1) is 8.52. The molecule has 12 heavy (non-hydrogen) atoms. The van der Waals surface area contributed by atoms with Crippen molar-refractivity contribution in [1.29, 1.82) is 0 Å². The van der Waals surface area contributed by atoms with E-state index in [9.17, 15) is 0 Å². The highest BCUT2D eigenvalue weighted by Gasteiger charge is 2.20. The summed E-state index contributed by atoms with van der Waals surface area (Å²) in [7, 11) is 0. The second-order valence-corrected chi connectivity index (χ2v) is 3.32. The highest BCUT2D eigenvalue weighted by molar-refractivity contribution is 5.36. The van der Waals surface area contributed by atoms with Crippen molar-refractivity contribution in [3.8, 4) is 0 Å². The maximum Gasteiger partial charge on any atom is 0.0108 e. The monoisotopic (exact) mass is 163 g/mol. The van der Waals surface area contributed by atoms with E-state index in [0.717, 1.165) is 19.6 Å². The van der Waals surface area contributed by atoms with Crippen LogP contribution < -0.4 is 5.32 Å². The third-order valence-corrected chi connectivity index (χ3v) is 2.35. The van der Waals surface area contributed by atoms with Crippen LogP contribution >= 0.6 is 0 Å². The molecule has 0 amide bonds. The summed E-state index contributed by atoms with van der Waals surface area (Å²) in [6, 6.07) is 0. The number of nitrogens with zero attached hydrogens (tertiary/aromatic N) is 1. The Balaban J connectivity index is 1.69. The van der Waals surface area contributed by atoms with Gasteiger partial charge in [-0.1, -0.05) is 0 Å². The molecule has 0 unspecified atom stereocenters. The Hall–Kier alpha value is -0.0800. The van der Waals surface area contributed by atoms with Gasteiger partial charge in [0.05, 0.1) is 0 Å². The Morgan fingerprint density at radius 2 is 1.83 bits per heavy atom. The summed E-state index contributed by atoms with van der Waals surface area (Å²) in [6.45, 7) is 5.77. The minimum atomic E-state index is 1.12. The maximum atomic E-state index is 3.35. The average Bonchev–Trinajstić information content (AvgIpc) is 2.59. The number of nitrogens with one attached hydrogen (secondary N) is 1. The molecule has 1 aliphatic heterocycles. The molecule has 2 nitrogen and oxygen atoms in total. The number of hydrogen-bond donors (Lipinski definition) is 1. The highest BCUT2D eigenvalue weighted by atomic mass is 15.2. The lowest BCUT2D eigenvalue weighted by Crippen LogP contribution is -2.44. The molecule has 2 aliphatic rings.